The fourth-order valence-electron chi connectivity index (χ4n) is 2.79. The van der Waals surface area contributed by atoms with Crippen LogP contribution in [0, 0.1) is 0 Å². The Kier molecular flexibility index (Phi) is 4.52. The van der Waals surface area contributed by atoms with E-state index in [9.17, 15) is 0 Å². The molecule has 7 heteroatoms. The molecule has 1 atom stereocenters. The van der Waals surface area contributed by atoms with Crippen LogP contribution in [0.25, 0.3) is 0 Å². The van der Waals surface area contributed by atoms with Gasteiger partial charge >= 0.3 is 0 Å². The Balaban J connectivity index is 1.63. The number of nitrogens with two attached hydrogens (primary N) is 1. The number of ether oxygens (including phenoxy) is 1. The molecule has 1 saturated carbocycles. The molecule has 0 radical (unpaired) electrons. The molecule has 0 amide bonds. The van der Waals surface area contributed by atoms with E-state index in [-0.39, 0.29) is 0 Å². The summed E-state index contributed by atoms with van der Waals surface area (Å²) in [5.74, 6) is 7.55. The van der Waals surface area contributed by atoms with Crippen molar-refractivity contribution in [3.05, 3.63) is 11.9 Å². The zero-order valence-corrected chi connectivity index (χ0v) is 12.5. The van der Waals surface area contributed by atoms with E-state index in [2.05, 4.69) is 25.6 Å². The van der Waals surface area contributed by atoms with Crippen LogP contribution < -0.4 is 16.6 Å². The van der Waals surface area contributed by atoms with Gasteiger partial charge in [0.25, 0.3) is 0 Å². The van der Waals surface area contributed by atoms with E-state index < -0.39 is 0 Å². The minimum Gasteiger partial charge on any atom is -0.374 e. The molecule has 1 aromatic rings. The molecule has 4 N–H and O–H groups in total. The Morgan fingerprint density at radius 1 is 1.33 bits per heavy atom. The highest BCUT2D eigenvalue weighted by Gasteiger charge is 2.34. The van der Waals surface area contributed by atoms with Crippen LogP contribution in [0.15, 0.2) is 6.07 Å². The van der Waals surface area contributed by atoms with Crippen LogP contribution >= 0.6 is 0 Å². The highest BCUT2D eigenvalue weighted by atomic mass is 16.5. The first-order valence-electron chi connectivity index (χ1n) is 7.71. The van der Waals surface area contributed by atoms with E-state index in [1.165, 1.54) is 19.4 Å². The normalized spacial score (nSPS) is 22.5. The van der Waals surface area contributed by atoms with Crippen molar-refractivity contribution in [3.8, 4) is 0 Å². The first-order valence-corrected chi connectivity index (χ1v) is 7.71. The second-order valence-corrected chi connectivity index (χ2v) is 5.69. The molecule has 0 aromatic carbocycles. The van der Waals surface area contributed by atoms with Crippen molar-refractivity contribution in [2.45, 2.75) is 44.9 Å². The van der Waals surface area contributed by atoms with Crippen LogP contribution in [0.2, 0.25) is 0 Å². The van der Waals surface area contributed by atoms with Crippen LogP contribution in [0.4, 0.5) is 11.6 Å². The van der Waals surface area contributed by atoms with Gasteiger partial charge in [0.1, 0.15) is 18.2 Å². The number of nitrogen functional groups attached to an aromatic ring is 1. The molecule has 7 nitrogen and oxygen atoms in total. The number of hydrazine groups is 1. The molecule has 1 aromatic heterocycles. The smallest absolute Gasteiger partial charge is 0.158 e. The fourth-order valence-corrected chi connectivity index (χ4v) is 2.79. The number of nitrogens with zero attached hydrogens (tertiary/aromatic N) is 3. The highest BCUT2D eigenvalue weighted by molar-refractivity contribution is 5.47. The number of hydrogen-bond donors (Lipinski definition) is 3. The third-order valence-electron chi connectivity index (χ3n) is 3.99. The molecule has 2 aliphatic rings. The van der Waals surface area contributed by atoms with Crippen molar-refractivity contribution in [2.24, 2.45) is 5.84 Å². The second-order valence-electron chi connectivity index (χ2n) is 5.69. The van der Waals surface area contributed by atoms with Gasteiger partial charge in [-0.2, -0.15) is 0 Å². The summed E-state index contributed by atoms with van der Waals surface area (Å²) < 4.78 is 5.37. The molecule has 1 aliphatic carbocycles. The van der Waals surface area contributed by atoms with Gasteiger partial charge in [-0.25, -0.2) is 15.8 Å². The second kappa shape index (κ2) is 6.55. The summed E-state index contributed by atoms with van der Waals surface area (Å²) >= 11 is 0. The molecule has 2 fully saturated rings. The molecular weight excluding hydrogens is 268 g/mol. The molecule has 116 valence electrons. The lowest BCUT2D eigenvalue weighted by atomic mass is 10.2. The summed E-state index contributed by atoms with van der Waals surface area (Å²) in [5.41, 5.74) is 2.59. The van der Waals surface area contributed by atoms with E-state index in [1.54, 1.807) is 0 Å². The molecule has 3 rings (SSSR count). The zero-order chi connectivity index (χ0) is 14.7. The van der Waals surface area contributed by atoms with E-state index in [4.69, 9.17) is 10.6 Å². The van der Waals surface area contributed by atoms with E-state index in [0.29, 0.717) is 30.9 Å². The number of aromatic nitrogens is 2. The molecule has 2 heterocycles. The lowest BCUT2D eigenvalue weighted by Crippen LogP contribution is -2.28. The Morgan fingerprint density at radius 2 is 2.14 bits per heavy atom. The van der Waals surface area contributed by atoms with E-state index >= 15 is 0 Å². The summed E-state index contributed by atoms with van der Waals surface area (Å²) in [5, 5.41) is 3.50. The monoisotopic (exact) mass is 292 g/mol. The predicted molar refractivity (Wildman–Crippen MR) is 81.8 cm³/mol. The minimum atomic E-state index is 0.402. The van der Waals surface area contributed by atoms with Crippen LogP contribution in [0.1, 0.15) is 32.0 Å². The minimum absolute atomic E-state index is 0.402. The van der Waals surface area contributed by atoms with Gasteiger partial charge in [-0.15, -0.1) is 0 Å². The van der Waals surface area contributed by atoms with E-state index in [1.807, 2.05) is 13.0 Å². The quantitative estimate of drug-likeness (QED) is 0.509. The van der Waals surface area contributed by atoms with Gasteiger partial charge in [-0.3, -0.25) is 4.90 Å². The predicted octanol–water partition coefficient (Wildman–Crippen LogP) is 0.947. The highest BCUT2D eigenvalue weighted by Crippen LogP contribution is 2.30. The van der Waals surface area contributed by atoms with Gasteiger partial charge in [0.2, 0.25) is 0 Å². The Bertz CT molecular complexity index is 479. The molecule has 21 heavy (non-hydrogen) atoms. The number of hydrogen-bond acceptors (Lipinski definition) is 7. The zero-order valence-electron chi connectivity index (χ0n) is 12.5. The van der Waals surface area contributed by atoms with E-state index in [0.717, 1.165) is 24.8 Å². The summed E-state index contributed by atoms with van der Waals surface area (Å²) in [6, 6.07) is 3.12. The van der Waals surface area contributed by atoms with Crippen molar-refractivity contribution in [1.29, 1.82) is 0 Å². The van der Waals surface area contributed by atoms with Crippen LogP contribution in [0.5, 0.6) is 0 Å². The van der Waals surface area contributed by atoms with Crippen molar-refractivity contribution < 1.29 is 4.74 Å². The number of anilines is 2. The maximum Gasteiger partial charge on any atom is 0.158 e. The third kappa shape index (κ3) is 3.81. The first-order chi connectivity index (χ1) is 10.3. The Hall–Kier alpha value is -1.44. The molecule has 1 aliphatic heterocycles. The molecule has 1 saturated heterocycles. The van der Waals surface area contributed by atoms with Gasteiger partial charge < -0.3 is 15.5 Å². The number of rotatable bonds is 7. The topological polar surface area (TPSA) is 88.3 Å². The standard InChI is InChI=1S/C14H24N6O/c1-2-21-9-14-17-12(7-13(18-14)19-15)16-10-5-6-20(8-10)11-3-4-11/h7,10-11H,2-6,8-9,15H2,1H3,(H2,16,17,18,19). The molecule has 0 bridgehead atoms. The SMILES string of the molecule is CCOCc1nc(NN)cc(NC2CCN(C3CC3)C2)n1. The number of nitrogens with one attached hydrogen (secondary N) is 2. The Morgan fingerprint density at radius 3 is 2.86 bits per heavy atom. The maximum atomic E-state index is 5.48. The van der Waals surface area contributed by atoms with Gasteiger partial charge in [0, 0.05) is 37.8 Å². The summed E-state index contributed by atoms with van der Waals surface area (Å²) in [6.07, 6.45) is 3.88. The summed E-state index contributed by atoms with van der Waals surface area (Å²) in [7, 11) is 0. The van der Waals surface area contributed by atoms with Crippen LogP contribution in [0.3, 0.4) is 0 Å². The average molecular weight is 292 g/mol. The van der Waals surface area contributed by atoms with Crippen LogP contribution in [-0.2, 0) is 11.3 Å². The van der Waals surface area contributed by atoms with Crippen LogP contribution in [-0.4, -0.2) is 46.6 Å². The lowest BCUT2D eigenvalue weighted by molar-refractivity contribution is 0.128. The third-order valence-corrected chi connectivity index (χ3v) is 3.99. The van der Waals surface area contributed by atoms with Crippen molar-refractivity contribution >= 4 is 11.6 Å². The maximum absolute atomic E-state index is 5.48. The van der Waals surface area contributed by atoms with Crippen molar-refractivity contribution in [1.82, 2.24) is 14.9 Å². The van der Waals surface area contributed by atoms with Gasteiger partial charge in [-0.1, -0.05) is 0 Å². The summed E-state index contributed by atoms with van der Waals surface area (Å²) in [6.45, 7) is 5.28. The fraction of sp³-hybridized carbons (Fsp3) is 0.714. The Labute approximate surface area is 125 Å². The van der Waals surface area contributed by atoms with Crippen molar-refractivity contribution in [2.75, 3.05) is 30.4 Å². The molecule has 1 unspecified atom stereocenters. The largest absolute Gasteiger partial charge is 0.374 e. The number of likely N-dealkylation sites (tertiary alicyclic amines) is 1. The van der Waals surface area contributed by atoms with Crippen molar-refractivity contribution in [3.63, 3.8) is 0 Å². The lowest BCUT2D eigenvalue weighted by Gasteiger charge is -2.17. The van der Waals surface area contributed by atoms with Gasteiger partial charge in [-0.05, 0) is 26.2 Å². The van der Waals surface area contributed by atoms with Gasteiger partial charge in [0.15, 0.2) is 5.82 Å². The summed E-state index contributed by atoms with van der Waals surface area (Å²) in [4.78, 5) is 11.4. The van der Waals surface area contributed by atoms with Gasteiger partial charge in [0.05, 0.1) is 0 Å². The average Bonchev–Trinajstić information content (AvgIpc) is 3.25. The first kappa shape index (κ1) is 14.5. The molecular formula is C14H24N6O. The molecule has 0 spiro atoms.